The van der Waals surface area contributed by atoms with Crippen molar-refractivity contribution in [3.8, 4) is 11.5 Å². The van der Waals surface area contributed by atoms with Crippen LogP contribution >= 0.6 is 0 Å². The summed E-state index contributed by atoms with van der Waals surface area (Å²) in [6, 6.07) is 13.4. The second kappa shape index (κ2) is 9.65. The number of primary amides is 1. The molecule has 30 heavy (non-hydrogen) atoms. The summed E-state index contributed by atoms with van der Waals surface area (Å²) in [6.07, 6.45) is 3.27. The summed E-state index contributed by atoms with van der Waals surface area (Å²) in [5.74, 6) is 1.07. The lowest BCUT2D eigenvalue weighted by molar-refractivity contribution is -0.119. The molecule has 1 saturated carbocycles. The number of nitrogens with two attached hydrogens (primary N) is 1. The minimum atomic E-state index is -0.578. The van der Waals surface area contributed by atoms with E-state index < -0.39 is 5.91 Å². The number of hydrogen-bond acceptors (Lipinski definition) is 4. The number of benzene rings is 2. The van der Waals surface area contributed by atoms with Crippen molar-refractivity contribution in [1.82, 2.24) is 5.32 Å². The lowest BCUT2D eigenvalue weighted by Crippen LogP contribution is -2.30. The molecule has 1 unspecified atom stereocenters. The molecule has 0 radical (unpaired) electrons. The van der Waals surface area contributed by atoms with Crippen LogP contribution < -0.4 is 20.5 Å². The molecule has 2 amide bonds. The minimum Gasteiger partial charge on any atom is -0.493 e. The smallest absolute Gasteiger partial charge is 0.255 e. The molecule has 0 bridgehead atoms. The molecule has 0 aromatic heterocycles. The van der Waals surface area contributed by atoms with Crippen LogP contribution in [0.25, 0.3) is 0 Å². The highest BCUT2D eigenvalue weighted by Crippen LogP contribution is 2.41. The summed E-state index contributed by atoms with van der Waals surface area (Å²) in [4.78, 5) is 23.9. The summed E-state index contributed by atoms with van der Waals surface area (Å²) >= 11 is 0. The van der Waals surface area contributed by atoms with Gasteiger partial charge >= 0.3 is 0 Å². The molecule has 0 aliphatic heterocycles. The third-order valence-electron chi connectivity index (χ3n) is 5.16. The zero-order valence-electron chi connectivity index (χ0n) is 17.8. The third-order valence-corrected chi connectivity index (χ3v) is 5.16. The van der Waals surface area contributed by atoms with E-state index in [-0.39, 0.29) is 18.6 Å². The van der Waals surface area contributed by atoms with E-state index in [0.717, 1.165) is 24.8 Å². The Kier molecular flexibility index (Phi) is 6.98. The molecule has 2 aromatic rings. The van der Waals surface area contributed by atoms with Gasteiger partial charge in [0, 0.05) is 5.56 Å². The maximum absolute atomic E-state index is 12.9. The van der Waals surface area contributed by atoms with Gasteiger partial charge in [0.15, 0.2) is 18.1 Å². The minimum absolute atomic E-state index is 0.0117. The highest BCUT2D eigenvalue weighted by Gasteiger charge is 2.33. The number of hydrogen-bond donors (Lipinski definition) is 2. The number of nitrogens with one attached hydrogen (secondary N) is 1. The lowest BCUT2D eigenvalue weighted by Gasteiger charge is -2.20. The molecule has 1 fully saturated rings. The van der Waals surface area contributed by atoms with Crippen LogP contribution in [0.15, 0.2) is 42.5 Å². The van der Waals surface area contributed by atoms with Crippen molar-refractivity contribution < 1.29 is 19.1 Å². The quantitative estimate of drug-likeness (QED) is 0.626. The standard InChI is InChI=1S/C24H30N2O4/c1-15(2)12-16-4-6-17(7-5-16)23(18-8-9-18)26-24(28)19-10-11-20(21(13-19)29-3)30-14-22(25)27/h4-7,10-11,13,15,18,23H,8-9,12,14H2,1-3H3,(H2,25,27)(H,26,28). The van der Waals surface area contributed by atoms with Crippen molar-refractivity contribution >= 4 is 11.8 Å². The molecule has 2 aromatic carbocycles. The first-order chi connectivity index (χ1) is 14.4. The molecule has 6 nitrogen and oxygen atoms in total. The highest BCUT2D eigenvalue weighted by molar-refractivity contribution is 5.95. The molecule has 1 atom stereocenters. The van der Waals surface area contributed by atoms with Gasteiger partial charge in [0.25, 0.3) is 11.8 Å². The number of methoxy groups -OCH3 is 1. The van der Waals surface area contributed by atoms with Gasteiger partial charge in [0.2, 0.25) is 0 Å². The molecule has 1 aliphatic rings. The van der Waals surface area contributed by atoms with E-state index in [2.05, 4.69) is 43.4 Å². The number of ether oxygens (including phenoxy) is 2. The van der Waals surface area contributed by atoms with Gasteiger partial charge in [0.05, 0.1) is 13.2 Å². The molecule has 3 N–H and O–H groups in total. The molecule has 1 aliphatic carbocycles. The first-order valence-electron chi connectivity index (χ1n) is 10.4. The van der Waals surface area contributed by atoms with E-state index in [4.69, 9.17) is 15.2 Å². The fourth-order valence-electron chi connectivity index (χ4n) is 3.54. The summed E-state index contributed by atoms with van der Waals surface area (Å²) in [5.41, 5.74) is 8.03. The average Bonchev–Trinajstić information content (AvgIpc) is 3.55. The number of rotatable bonds is 10. The van der Waals surface area contributed by atoms with Gasteiger partial charge in [-0.25, -0.2) is 0 Å². The first-order valence-corrected chi connectivity index (χ1v) is 10.4. The van der Waals surface area contributed by atoms with E-state index in [1.54, 1.807) is 18.2 Å². The second-order valence-corrected chi connectivity index (χ2v) is 8.25. The summed E-state index contributed by atoms with van der Waals surface area (Å²) in [6.45, 7) is 4.16. The van der Waals surface area contributed by atoms with Crippen LogP contribution in [0.4, 0.5) is 0 Å². The molecule has 6 heteroatoms. The average molecular weight is 411 g/mol. The summed E-state index contributed by atoms with van der Waals surface area (Å²) < 4.78 is 10.6. The van der Waals surface area contributed by atoms with Crippen molar-refractivity contribution in [1.29, 1.82) is 0 Å². The van der Waals surface area contributed by atoms with E-state index in [1.165, 1.54) is 12.7 Å². The van der Waals surface area contributed by atoms with Crippen molar-refractivity contribution in [2.75, 3.05) is 13.7 Å². The Morgan fingerprint density at radius 3 is 2.37 bits per heavy atom. The largest absolute Gasteiger partial charge is 0.493 e. The maximum atomic E-state index is 12.9. The van der Waals surface area contributed by atoms with Crippen LogP contribution in [0.2, 0.25) is 0 Å². The third kappa shape index (κ3) is 5.75. The van der Waals surface area contributed by atoms with Crippen LogP contribution in [-0.2, 0) is 11.2 Å². The fourth-order valence-corrected chi connectivity index (χ4v) is 3.54. The van der Waals surface area contributed by atoms with Gasteiger partial charge in [0.1, 0.15) is 0 Å². The van der Waals surface area contributed by atoms with Crippen LogP contribution in [0.1, 0.15) is 54.2 Å². The zero-order valence-corrected chi connectivity index (χ0v) is 17.8. The SMILES string of the molecule is COc1cc(C(=O)NC(c2ccc(CC(C)C)cc2)C2CC2)ccc1OCC(N)=O. The Morgan fingerprint density at radius 1 is 1.10 bits per heavy atom. The first kappa shape index (κ1) is 21.7. The Balaban J connectivity index is 1.73. The molecular weight excluding hydrogens is 380 g/mol. The van der Waals surface area contributed by atoms with E-state index in [1.807, 2.05) is 0 Å². The fraction of sp³-hybridized carbons (Fsp3) is 0.417. The Labute approximate surface area is 177 Å². The zero-order chi connectivity index (χ0) is 21.7. The predicted molar refractivity (Wildman–Crippen MR) is 116 cm³/mol. The summed E-state index contributed by atoms with van der Waals surface area (Å²) in [5, 5.41) is 3.18. The van der Waals surface area contributed by atoms with E-state index in [9.17, 15) is 9.59 Å². The number of carbonyl (C=O) groups excluding carboxylic acids is 2. The van der Waals surface area contributed by atoms with Gasteiger partial charge in [-0.1, -0.05) is 38.1 Å². The predicted octanol–water partition coefficient (Wildman–Crippen LogP) is 3.64. The summed E-state index contributed by atoms with van der Waals surface area (Å²) in [7, 11) is 1.49. The van der Waals surface area contributed by atoms with E-state index >= 15 is 0 Å². The van der Waals surface area contributed by atoms with Gasteiger partial charge in [-0.15, -0.1) is 0 Å². The van der Waals surface area contributed by atoms with Gasteiger partial charge in [-0.05, 0) is 60.4 Å². The Bertz CT molecular complexity index is 889. The van der Waals surface area contributed by atoms with Crippen LogP contribution in [-0.4, -0.2) is 25.5 Å². The molecule has 160 valence electrons. The van der Waals surface area contributed by atoms with Crippen molar-refractivity contribution in [3.05, 3.63) is 59.2 Å². The molecule has 0 heterocycles. The van der Waals surface area contributed by atoms with Gasteiger partial charge < -0.3 is 20.5 Å². The lowest BCUT2D eigenvalue weighted by atomic mass is 9.97. The topological polar surface area (TPSA) is 90.7 Å². The van der Waals surface area contributed by atoms with Crippen LogP contribution in [0.5, 0.6) is 11.5 Å². The van der Waals surface area contributed by atoms with E-state index in [0.29, 0.717) is 28.9 Å². The van der Waals surface area contributed by atoms with Crippen LogP contribution in [0, 0.1) is 11.8 Å². The van der Waals surface area contributed by atoms with Crippen molar-refractivity contribution in [3.63, 3.8) is 0 Å². The molecular formula is C24H30N2O4. The Morgan fingerprint density at radius 2 is 1.80 bits per heavy atom. The van der Waals surface area contributed by atoms with Crippen LogP contribution in [0.3, 0.4) is 0 Å². The van der Waals surface area contributed by atoms with Crippen molar-refractivity contribution in [2.45, 2.75) is 39.2 Å². The van der Waals surface area contributed by atoms with Gasteiger partial charge in [-0.2, -0.15) is 0 Å². The van der Waals surface area contributed by atoms with Crippen molar-refractivity contribution in [2.24, 2.45) is 17.6 Å². The molecule has 0 saturated heterocycles. The monoisotopic (exact) mass is 410 g/mol. The Hall–Kier alpha value is -3.02. The number of amides is 2. The molecule has 0 spiro atoms. The molecule has 3 rings (SSSR count). The highest BCUT2D eigenvalue weighted by atomic mass is 16.5. The number of carbonyl (C=O) groups is 2. The maximum Gasteiger partial charge on any atom is 0.255 e. The normalized spacial score (nSPS) is 14.3. The van der Waals surface area contributed by atoms with Gasteiger partial charge in [-0.3, -0.25) is 9.59 Å². The second-order valence-electron chi connectivity index (χ2n) is 8.25.